The van der Waals surface area contributed by atoms with E-state index in [0.717, 1.165) is 31.6 Å². The minimum absolute atomic E-state index is 0.537. The smallest absolute Gasteiger partial charge is 0.309 e. The van der Waals surface area contributed by atoms with Crippen LogP contribution in [0, 0.1) is 25.2 Å². The van der Waals surface area contributed by atoms with Crippen molar-refractivity contribution >= 4 is 5.97 Å². The SMILES string of the molecule is CCC1CCC(Cc2cc(C)ccc2C)(C(=O)O)CC1. The Kier molecular flexibility index (Phi) is 4.52. The van der Waals surface area contributed by atoms with E-state index in [-0.39, 0.29) is 0 Å². The zero-order chi connectivity index (χ0) is 14.8. The van der Waals surface area contributed by atoms with Crippen molar-refractivity contribution in [3.63, 3.8) is 0 Å². The molecule has 0 unspecified atom stereocenters. The van der Waals surface area contributed by atoms with Crippen molar-refractivity contribution in [3.8, 4) is 0 Å². The summed E-state index contributed by atoms with van der Waals surface area (Å²) in [5, 5.41) is 9.77. The van der Waals surface area contributed by atoms with Crippen molar-refractivity contribution in [2.75, 3.05) is 0 Å². The number of carboxylic acid groups (broad SMARTS) is 1. The van der Waals surface area contributed by atoms with Gasteiger partial charge < -0.3 is 5.11 Å². The van der Waals surface area contributed by atoms with E-state index in [9.17, 15) is 9.90 Å². The first-order chi connectivity index (χ1) is 9.47. The third-order valence-electron chi connectivity index (χ3n) is 5.13. The molecule has 0 aliphatic heterocycles. The first-order valence-electron chi connectivity index (χ1n) is 7.76. The Morgan fingerprint density at radius 2 is 1.95 bits per heavy atom. The molecule has 2 rings (SSSR count). The highest BCUT2D eigenvalue weighted by atomic mass is 16.4. The van der Waals surface area contributed by atoms with E-state index in [1.807, 2.05) is 0 Å². The van der Waals surface area contributed by atoms with Gasteiger partial charge in [-0.15, -0.1) is 0 Å². The largest absolute Gasteiger partial charge is 0.481 e. The summed E-state index contributed by atoms with van der Waals surface area (Å²) < 4.78 is 0. The summed E-state index contributed by atoms with van der Waals surface area (Å²) in [5.41, 5.74) is 3.11. The molecule has 2 heteroatoms. The predicted molar refractivity (Wildman–Crippen MR) is 81.9 cm³/mol. The monoisotopic (exact) mass is 274 g/mol. The summed E-state index contributed by atoms with van der Waals surface area (Å²) in [5.74, 6) is 0.119. The first-order valence-corrected chi connectivity index (χ1v) is 7.76. The van der Waals surface area contributed by atoms with Gasteiger partial charge in [0.15, 0.2) is 0 Å². The van der Waals surface area contributed by atoms with Gasteiger partial charge in [0.2, 0.25) is 0 Å². The maximum Gasteiger partial charge on any atom is 0.309 e. The Bertz CT molecular complexity index is 482. The highest BCUT2D eigenvalue weighted by Crippen LogP contribution is 2.43. The summed E-state index contributed by atoms with van der Waals surface area (Å²) in [6, 6.07) is 6.37. The zero-order valence-corrected chi connectivity index (χ0v) is 12.9. The summed E-state index contributed by atoms with van der Waals surface area (Å²) in [7, 11) is 0. The van der Waals surface area contributed by atoms with E-state index in [4.69, 9.17) is 0 Å². The highest BCUT2D eigenvalue weighted by Gasteiger charge is 2.41. The lowest BCUT2D eigenvalue weighted by atomic mass is 9.66. The molecule has 0 atom stereocenters. The maximum atomic E-state index is 11.9. The average molecular weight is 274 g/mol. The number of benzene rings is 1. The van der Waals surface area contributed by atoms with Crippen molar-refractivity contribution in [2.24, 2.45) is 11.3 Å². The standard InChI is InChI=1S/C18H26O2/c1-4-15-7-9-18(10-8-15,17(19)20)12-16-11-13(2)5-6-14(16)3/h5-6,11,15H,4,7-10,12H2,1-3H3,(H,19,20). The first kappa shape index (κ1) is 15.1. The van der Waals surface area contributed by atoms with Gasteiger partial charge in [0.05, 0.1) is 5.41 Å². The number of carboxylic acids is 1. The fourth-order valence-electron chi connectivity index (χ4n) is 3.46. The Morgan fingerprint density at radius 3 is 2.50 bits per heavy atom. The molecule has 0 amide bonds. The molecule has 1 N–H and O–H groups in total. The lowest BCUT2D eigenvalue weighted by Crippen LogP contribution is -2.37. The van der Waals surface area contributed by atoms with Gasteiger partial charge in [-0.05, 0) is 63.0 Å². The number of aryl methyl sites for hydroxylation is 2. The van der Waals surface area contributed by atoms with Crippen LogP contribution in [-0.2, 0) is 11.2 Å². The second-order valence-corrected chi connectivity index (χ2v) is 6.54. The topological polar surface area (TPSA) is 37.3 Å². The Hall–Kier alpha value is -1.31. The van der Waals surface area contributed by atoms with Crippen molar-refractivity contribution in [1.29, 1.82) is 0 Å². The fourth-order valence-corrected chi connectivity index (χ4v) is 3.46. The quantitative estimate of drug-likeness (QED) is 0.876. The van der Waals surface area contributed by atoms with Gasteiger partial charge in [-0.2, -0.15) is 0 Å². The van der Waals surface area contributed by atoms with E-state index < -0.39 is 11.4 Å². The minimum Gasteiger partial charge on any atom is -0.481 e. The molecule has 1 saturated carbocycles. The molecule has 20 heavy (non-hydrogen) atoms. The van der Waals surface area contributed by atoms with Crippen LogP contribution in [0.3, 0.4) is 0 Å². The van der Waals surface area contributed by atoms with E-state index in [2.05, 4.69) is 39.0 Å². The predicted octanol–water partition coefficient (Wildman–Crippen LogP) is 4.52. The summed E-state index contributed by atoms with van der Waals surface area (Å²) in [6.07, 6.45) is 5.65. The molecule has 1 aromatic carbocycles. The Balaban J connectivity index is 2.22. The van der Waals surface area contributed by atoms with Gasteiger partial charge >= 0.3 is 5.97 Å². The number of rotatable bonds is 4. The molecule has 0 radical (unpaired) electrons. The van der Waals surface area contributed by atoms with Gasteiger partial charge in [0.1, 0.15) is 0 Å². The second-order valence-electron chi connectivity index (χ2n) is 6.54. The lowest BCUT2D eigenvalue weighted by molar-refractivity contribution is -0.151. The molecule has 0 saturated heterocycles. The van der Waals surface area contributed by atoms with Gasteiger partial charge in [-0.1, -0.05) is 37.1 Å². The fraction of sp³-hybridized carbons (Fsp3) is 0.611. The number of hydrogen-bond acceptors (Lipinski definition) is 1. The average Bonchev–Trinajstić information content (AvgIpc) is 2.43. The normalized spacial score (nSPS) is 26.4. The van der Waals surface area contributed by atoms with E-state index >= 15 is 0 Å². The second kappa shape index (κ2) is 5.99. The summed E-state index contributed by atoms with van der Waals surface area (Å²) in [4.78, 5) is 11.9. The van der Waals surface area contributed by atoms with E-state index in [1.54, 1.807) is 0 Å². The van der Waals surface area contributed by atoms with Crippen LogP contribution in [0.2, 0.25) is 0 Å². The van der Waals surface area contributed by atoms with Crippen LogP contribution < -0.4 is 0 Å². The minimum atomic E-state index is -0.604. The molecular weight excluding hydrogens is 248 g/mol. The van der Waals surface area contributed by atoms with Gasteiger partial charge in [-0.3, -0.25) is 4.79 Å². The van der Waals surface area contributed by atoms with Crippen LogP contribution in [0.1, 0.15) is 55.7 Å². The van der Waals surface area contributed by atoms with Gasteiger partial charge in [0.25, 0.3) is 0 Å². The van der Waals surface area contributed by atoms with Crippen LogP contribution in [0.15, 0.2) is 18.2 Å². The molecule has 0 heterocycles. The molecule has 1 aliphatic carbocycles. The van der Waals surface area contributed by atoms with Gasteiger partial charge in [0, 0.05) is 0 Å². The van der Waals surface area contributed by atoms with Crippen LogP contribution in [0.25, 0.3) is 0 Å². The van der Waals surface area contributed by atoms with E-state index in [1.165, 1.54) is 23.1 Å². The lowest BCUT2D eigenvalue weighted by Gasteiger charge is -2.37. The molecule has 0 spiro atoms. The molecule has 2 nitrogen and oxygen atoms in total. The van der Waals surface area contributed by atoms with Crippen molar-refractivity contribution < 1.29 is 9.90 Å². The summed E-state index contributed by atoms with van der Waals surface area (Å²) >= 11 is 0. The van der Waals surface area contributed by atoms with Crippen molar-refractivity contribution in [2.45, 2.75) is 59.3 Å². The molecule has 110 valence electrons. The van der Waals surface area contributed by atoms with Crippen molar-refractivity contribution in [3.05, 3.63) is 34.9 Å². The van der Waals surface area contributed by atoms with Crippen LogP contribution in [0.4, 0.5) is 0 Å². The number of hydrogen-bond donors (Lipinski definition) is 1. The third kappa shape index (κ3) is 3.05. The van der Waals surface area contributed by atoms with Crippen molar-refractivity contribution in [1.82, 2.24) is 0 Å². The van der Waals surface area contributed by atoms with Crippen LogP contribution >= 0.6 is 0 Å². The zero-order valence-electron chi connectivity index (χ0n) is 12.9. The number of aliphatic carboxylic acids is 1. The molecule has 1 fully saturated rings. The molecule has 0 aromatic heterocycles. The molecule has 1 aromatic rings. The third-order valence-corrected chi connectivity index (χ3v) is 5.13. The molecular formula is C18H26O2. The Morgan fingerprint density at radius 1 is 1.30 bits per heavy atom. The highest BCUT2D eigenvalue weighted by molar-refractivity contribution is 5.75. The number of carbonyl (C=O) groups is 1. The Labute approximate surface area is 122 Å². The maximum absolute atomic E-state index is 11.9. The van der Waals surface area contributed by atoms with Crippen LogP contribution in [0.5, 0.6) is 0 Å². The molecule has 1 aliphatic rings. The molecule has 0 bridgehead atoms. The van der Waals surface area contributed by atoms with Crippen LogP contribution in [-0.4, -0.2) is 11.1 Å². The van der Waals surface area contributed by atoms with Gasteiger partial charge in [-0.25, -0.2) is 0 Å². The van der Waals surface area contributed by atoms with E-state index in [0.29, 0.717) is 6.42 Å². The summed E-state index contributed by atoms with van der Waals surface area (Å²) in [6.45, 7) is 6.37.